The quantitative estimate of drug-likeness (QED) is 0.432. The lowest BCUT2D eigenvalue weighted by molar-refractivity contribution is -0.113. The van der Waals surface area contributed by atoms with Crippen molar-refractivity contribution in [3.05, 3.63) is 66.2 Å². The number of methoxy groups -OCH3 is 1. The summed E-state index contributed by atoms with van der Waals surface area (Å²) < 4.78 is 10.1. The first kappa shape index (κ1) is 21.3. The summed E-state index contributed by atoms with van der Waals surface area (Å²) in [6.45, 7) is 2.07. The minimum Gasteiger partial charge on any atom is -0.497 e. The molecule has 1 heterocycles. The number of nitrogens with one attached hydrogen (secondary N) is 1. The Morgan fingerprint density at radius 2 is 1.70 bits per heavy atom. The van der Waals surface area contributed by atoms with Gasteiger partial charge in [-0.15, -0.1) is 10.2 Å². The number of carbonyl (C=O) groups excluding carboxylic acids is 2. The van der Waals surface area contributed by atoms with Crippen molar-refractivity contribution in [2.24, 2.45) is 0 Å². The summed E-state index contributed by atoms with van der Waals surface area (Å²) in [6.07, 6.45) is 0. The van der Waals surface area contributed by atoms with Gasteiger partial charge in [-0.3, -0.25) is 4.79 Å². The van der Waals surface area contributed by atoms with E-state index in [-0.39, 0.29) is 17.6 Å². The highest BCUT2D eigenvalue weighted by atomic mass is 32.2. The van der Waals surface area contributed by atoms with E-state index < -0.39 is 0 Å². The van der Waals surface area contributed by atoms with Gasteiger partial charge in [0.2, 0.25) is 5.91 Å². The molecule has 0 radical (unpaired) electrons. The summed E-state index contributed by atoms with van der Waals surface area (Å²) in [5.74, 6) is 0.406. The average molecular weight is 423 g/mol. The molecule has 0 spiro atoms. The number of hydrogen-bond donors (Lipinski definition) is 1. The lowest BCUT2D eigenvalue weighted by atomic mass is 10.1. The van der Waals surface area contributed by atoms with Crippen LogP contribution >= 0.6 is 11.8 Å². The number of rotatable bonds is 8. The van der Waals surface area contributed by atoms with Gasteiger partial charge < -0.3 is 14.8 Å². The zero-order valence-corrected chi connectivity index (χ0v) is 17.4. The van der Waals surface area contributed by atoms with E-state index in [0.717, 1.165) is 17.0 Å². The molecule has 1 amide bonds. The van der Waals surface area contributed by atoms with Crippen LogP contribution in [0.3, 0.4) is 0 Å². The molecule has 30 heavy (non-hydrogen) atoms. The molecule has 8 heteroatoms. The van der Waals surface area contributed by atoms with E-state index in [1.54, 1.807) is 38.3 Å². The molecule has 0 aliphatic carbocycles. The smallest absolute Gasteiger partial charge is 0.338 e. The predicted molar refractivity (Wildman–Crippen MR) is 116 cm³/mol. The third-order valence-electron chi connectivity index (χ3n) is 4.06. The molecule has 0 bridgehead atoms. The molecule has 1 aromatic heterocycles. The number of ether oxygens (including phenoxy) is 2. The van der Waals surface area contributed by atoms with Crippen molar-refractivity contribution < 1.29 is 19.1 Å². The highest BCUT2D eigenvalue weighted by Gasteiger charge is 2.09. The summed E-state index contributed by atoms with van der Waals surface area (Å²) in [5, 5.41) is 11.8. The van der Waals surface area contributed by atoms with Crippen LogP contribution in [0.1, 0.15) is 17.3 Å². The Hall–Kier alpha value is -3.39. The lowest BCUT2D eigenvalue weighted by Crippen LogP contribution is -2.14. The largest absolute Gasteiger partial charge is 0.497 e. The van der Waals surface area contributed by atoms with Crippen molar-refractivity contribution in [1.82, 2.24) is 10.2 Å². The van der Waals surface area contributed by atoms with Gasteiger partial charge in [-0.1, -0.05) is 11.8 Å². The first-order valence-corrected chi connectivity index (χ1v) is 10.3. The molecule has 2 aromatic carbocycles. The monoisotopic (exact) mass is 423 g/mol. The number of anilines is 1. The highest BCUT2D eigenvalue weighted by molar-refractivity contribution is 7.99. The van der Waals surface area contributed by atoms with Crippen LogP contribution in [0.2, 0.25) is 0 Å². The number of hydrogen-bond acceptors (Lipinski definition) is 7. The van der Waals surface area contributed by atoms with Gasteiger partial charge in [-0.05, 0) is 67.6 Å². The second-order valence-corrected chi connectivity index (χ2v) is 7.12. The average Bonchev–Trinajstić information content (AvgIpc) is 2.79. The third-order valence-corrected chi connectivity index (χ3v) is 4.98. The zero-order valence-electron chi connectivity index (χ0n) is 16.6. The summed E-state index contributed by atoms with van der Waals surface area (Å²) in [7, 11) is 1.62. The van der Waals surface area contributed by atoms with Gasteiger partial charge in [0.05, 0.1) is 30.7 Å². The van der Waals surface area contributed by atoms with Crippen molar-refractivity contribution in [1.29, 1.82) is 0 Å². The molecular weight excluding hydrogens is 402 g/mol. The molecule has 3 rings (SSSR count). The fourth-order valence-electron chi connectivity index (χ4n) is 2.55. The summed E-state index contributed by atoms with van der Waals surface area (Å²) in [6, 6.07) is 17.8. The third kappa shape index (κ3) is 5.81. The van der Waals surface area contributed by atoms with Gasteiger partial charge in [0.1, 0.15) is 10.8 Å². The van der Waals surface area contributed by atoms with Crippen LogP contribution in [0.4, 0.5) is 5.69 Å². The number of esters is 1. The Balaban J connectivity index is 1.51. The molecule has 154 valence electrons. The van der Waals surface area contributed by atoms with Crippen molar-refractivity contribution in [3.8, 4) is 17.0 Å². The van der Waals surface area contributed by atoms with Crippen molar-refractivity contribution in [2.45, 2.75) is 11.9 Å². The minimum atomic E-state index is -0.386. The first-order valence-electron chi connectivity index (χ1n) is 9.27. The Bertz CT molecular complexity index is 990. The van der Waals surface area contributed by atoms with E-state index in [2.05, 4.69) is 15.5 Å². The number of nitrogens with zero attached hydrogens (tertiary/aromatic N) is 2. The lowest BCUT2D eigenvalue weighted by Gasteiger charge is -2.07. The second-order valence-electron chi connectivity index (χ2n) is 6.12. The SMILES string of the molecule is CCOC(=O)c1ccc(NC(=O)CSc2ccc(-c3ccc(OC)cc3)nn2)cc1. The van der Waals surface area contributed by atoms with Crippen LogP contribution in [0, 0.1) is 0 Å². The highest BCUT2D eigenvalue weighted by Crippen LogP contribution is 2.22. The molecule has 0 unspecified atom stereocenters. The van der Waals surface area contributed by atoms with Gasteiger partial charge in [0.25, 0.3) is 0 Å². The maximum Gasteiger partial charge on any atom is 0.338 e. The molecule has 1 N–H and O–H groups in total. The van der Waals surface area contributed by atoms with Crippen molar-refractivity contribution in [2.75, 3.05) is 24.8 Å². The molecular formula is C22H21N3O4S. The number of benzene rings is 2. The van der Waals surface area contributed by atoms with Crippen molar-refractivity contribution in [3.63, 3.8) is 0 Å². The maximum atomic E-state index is 12.2. The van der Waals surface area contributed by atoms with Gasteiger partial charge in [0.15, 0.2) is 0 Å². The molecule has 0 atom stereocenters. The Morgan fingerprint density at radius 3 is 2.30 bits per heavy atom. The topological polar surface area (TPSA) is 90.4 Å². The van der Waals surface area contributed by atoms with Crippen LogP contribution < -0.4 is 10.1 Å². The number of aromatic nitrogens is 2. The Morgan fingerprint density at radius 1 is 0.967 bits per heavy atom. The van der Waals surface area contributed by atoms with Crippen LogP contribution in [-0.2, 0) is 9.53 Å². The molecule has 0 saturated carbocycles. The van der Waals surface area contributed by atoms with E-state index in [9.17, 15) is 9.59 Å². The minimum absolute atomic E-state index is 0.176. The molecule has 0 saturated heterocycles. The van der Waals surface area contributed by atoms with Gasteiger partial charge in [-0.25, -0.2) is 4.79 Å². The number of thioether (sulfide) groups is 1. The van der Waals surface area contributed by atoms with Crippen LogP contribution in [0.25, 0.3) is 11.3 Å². The van der Waals surface area contributed by atoms with E-state index >= 15 is 0 Å². The van der Waals surface area contributed by atoms with Gasteiger partial charge >= 0.3 is 5.97 Å². The van der Waals surface area contributed by atoms with E-state index in [4.69, 9.17) is 9.47 Å². The summed E-state index contributed by atoms with van der Waals surface area (Å²) in [4.78, 5) is 23.8. The van der Waals surface area contributed by atoms with E-state index in [1.165, 1.54) is 11.8 Å². The molecule has 0 fully saturated rings. The second kappa shape index (κ2) is 10.4. The molecule has 7 nitrogen and oxygen atoms in total. The van der Waals surface area contributed by atoms with Crippen LogP contribution in [0.5, 0.6) is 5.75 Å². The molecule has 3 aromatic rings. The van der Waals surface area contributed by atoms with Gasteiger partial charge in [0, 0.05) is 11.3 Å². The van der Waals surface area contributed by atoms with Crippen molar-refractivity contribution >= 4 is 29.3 Å². The zero-order chi connectivity index (χ0) is 21.3. The van der Waals surface area contributed by atoms with Gasteiger partial charge in [-0.2, -0.15) is 0 Å². The molecule has 0 aliphatic heterocycles. The predicted octanol–water partition coefficient (Wildman–Crippen LogP) is 4.06. The molecule has 0 aliphatic rings. The fraction of sp³-hybridized carbons (Fsp3) is 0.182. The van der Waals surface area contributed by atoms with Crippen LogP contribution in [-0.4, -0.2) is 41.5 Å². The summed E-state index contributed by atoms with van der Waals surface area (Å²) >= 11 is 1.29. The fourth-order valence-corrected chi connectivity index (χ4v) is 3.17. The first-order chi connectivity index (χ1) is 14.6. The number of amides is 1. The van der Waals surface area contributed by atoms with E-state index in [1.807, 2.05) is 36.4 Å². The number of carbonyl (C=O) groups is 2. The normalized spacial score (nSPS) is 10.3. The Kier molecular flexibility index (Phi) is 7.40. The van der Waals surface area contributed by atoms with E-state index in [0.29, 0.717) is 22.9 Å². The summed E-state index contributed by atoms with van der Waals surface area (Å²) in [5.41, 5.74) is 2.73. The standard InChI is InChI=1S/C22H21N3O4S/c1-3-29-22(27)16-4-8-17(9-5-16)23-20(26)14-30-21-13-12-19(24-25-21)15-6-10-18(28-2)11-7-15/h4-13H,3,14H2,1-2H3,(H,23,26). The Labute approximate surface area is 178 Å². The maximum absolute atomic E-state index is 12.2. The van der Waals surface area contributed by atoms with Crippen LogP contribution in [0.15, 0.2) is 65.7 Å².